The van der Waals surface area contributed by atoms with E-state index in [0.29, 0.717) is 0 Å². The second kappa shape index (κ2) is 8.42. The largest absolute Gasteiger partial charge is 0.295 e. The van der Waals surface area contributed by atoms with Crippen LogP contribution in [0.1, 0.15) is 63.7 Å². The summed E-state index contributed by atoms with van der Waals surface area (Å²) in [6.45, 7) is 11.4. The van der Waals surface area contributed by atoms with Gasteiger partial charge in [0.25, 0.3) is 0 Å². The molecule has 0 aromatic heterocycles. The molecule has 0 radical (unpaired) electrons. The fourth-order valence-electron chi connectivity index (χ4n) is 2.23. The van der Waals surface area contributed by atoms with Gasteiger partial charge in [0.15, 0.2) is 11.6 Å². The molecule has 0 spiro atoms. The Bertz CT molecular complexity index is 712. The zero-order valence-corrected chi connectivity index (χ0v) is 15.0. The van der Waals surface area contributed by atoms with E-state index in [9.17, 15) is 9.59 Å². The van der Waals surface area contributed by atoms with Crippen LogP contribution >= 0.6 is 0 Å². The van der Waals surface area contributed by atoms with Gasteiger partial charge in [0, 0.05) is 11.1 Å². The first-order valence-corrected chi connectivity index (χ1v) is 7.94. The van der Waals surface area contributed by atoms with Gasteiger partial charge >= 0.3 is 0 Å². The number of carbonyl (C=O) groups excluding carboxylic acids is 2. The van der Waals surface area contributed by atoms with Crippen molar-refractivity contribution in [2.75, 3.05) is 0 Å². The maximum atomic E-state index is 11.0. The summed E-state index contributed by atoms with van der Waals surface area (Å²) in [4.78, 5) is 21.9. The van der Waals surface area contributed by atoms with Gasteiger partial charge in [-0.25, -0.2) is 0 Å². The summed E-state index contributed by atoms with van der Waals surface area (Å²) in [7, 11) is 0. The van der Waals surface area contributed by atoms with Crippen LogP contribution < -0.4 is 0 Å². The van der Waals surface area contributed by atoms with E-state index in [2.05, 4.69) is 13.8 Å². The minimum atomic E-state index is 0.133. The zero-order valence-electron chi connectivity index (χ0n) is 15.0. The molecule has 0 amide bonds. The van der Waals surface area contributed by atoms with Crippen LogP contribution in [-0.2, 0) is 6.42 Å². The number of aryl methyl sites for hydroxylation is 4. The van der Waals surface area contributed by atoms with Crippen molar-refractivity contribution in [3.8, 4) is 0 Å². The van der Waals surface area contributed by atoms with E-state index < -0.39 is 0 Å². The number of ketones is 2. The second-order valence-corrected chi connectivity index (χ2v) is 5.91. The second-order valence-electron chi connectivity index (χ2n) is 5.91. The number of hydrogen-bond acceptors (Lipinski definition) is 2. The van der Waals surface area contributed by atoms with Crippen LogP contribution in [0, 0.1) is 20.8 Å². The molecule has 0 heterocycles. The molecule has 0 fully saturated rings. The SMILES string of the molecule is CC(=O)c1ccc(C)c(C)c1.CCc1cc(C(C)=O)ccc1C. The van der Waals surface area contributed by atoms with Crippen molar-refractivity contribution in [1.82, 2.24) is 0 Å². The van der Waals surface area contributed by atoms with E-state index in [-0.39, 0.29) is 11.6 Å². The van der Waals surface area contributed by atoms with Gasteiger partial charge in [0.05, 0.1) is 0 Å². The molecule has 0 unspecified atom stereocenters. The van der Waals surface area contributed by atoms with Gasteiger partial charge in [-0.3, -0.25) is 9.59 Å². The quantitative estimate of drug-likeness (QED) is 0.724. The van der Waals surface area contributed by atoms with E-state index >= 15 is 0 Å². The molecule has 2 nitrogen and oxygen atoms in total. The van der Waals surface area contributed by atoms with Crippen molar-refractivity contribution in [2.45, 2.75) is 48.0 Å². The molecular formula is C21H26O2. The maximum absolute atomic E-state index is 11.0. The number of Topliss-reactive ketones (excluding diaryl/α,β-unsaturated/α-hetero) is 2. The number of rotatable bonds is 3. The highest BCUT2D eigenvalue weighted by molar-refractivity contribution is 5.94. The smallest absolute Gasteiger partial charge is 0.159 e. The van der Waals surface area contributed by atoms with Crippen LogP contribution in [0.5, 0.6) is 0 Å². The maximum Gasteiger partial charge on any atom is 0.159 e. The fraction of sp³-hybridized carbons (Fsp3) is 0.333. The van der Waals surface area contributed by atoms with Gasteiger partial charge in [0.1, 0.15) is 0 Å². The van der Waals surface area contributed by atoms with Crippen molar-refractivity contribution in [2.24, 2.45) is 0 Å². The molecule has 23 heavy (non-hydrogen) atoms. The number of hydrogen-bond donors (Lipinski definition) is 0. The Labute approximate surface area is 139 Å². The van der Waals surface area contributed by atoms with E-state index in [4.69, 9.17) is 0 Å². The lowest BCUT2D eigenvalue weighted by molar-refractivity contribution is 0.100. The highest BCUT2D eigenvalue weighted by Crippen LogP contribution is 2.12. The Kier molecular flexibility index (Phi) is 6.89. The van der Waals surface area contributed by atoms with Gasteiger partial charge < -0.3 is 0 Å². The summed E-state index contributed by atoms with van der Waals surface area (Å²) in [5, 5.41) is 0. The molecule has 2 aromatic carbocycles. The van der Waals surface area contributed by atoms with E-state index in [1.807, 2.05) is 50.2 Å². The van der Waals surface area contributed by atoms with Crippen molar-refractivity contribution >= 4 is 11.6 Å². The standard InChI is InChI=1S/C11H14O.C10H12O/c1-4-10-7-11(9(3)12)6-5-8(10)2;1-7-4-5-10(9(3)11)6-8(7)2/h5-7H,4H2,1-3H3;4-6H,1-3H3. The van der Waals surface area contributed by atoms with E-state index in [0.717, 1.165) is 17.5 Å². The molecule has 0 bridgehead atoms. The fourth-order valence-corrected chi connectivity index (χ4v) is 2.23. The molecule has 0 N–H and O–H groups in total. The Morgan fingerprint density at radius 3 is 1.65 bits per heavy atom. The van der Waals surface area contributed by atoms with Crippen molar-refractivity contribution in [1.29, 1.82) is 0 Å². The first-order chi connectivity index (χ1) is 10.8. The topological polar surface area (TPSA) is 34.1 Å². The average molecular weight is 310 g/mol. The van der Waals surface area contributed by atoms with Gasteiger partial charge in [-0.1, -0.05) is 31.2 Å². The predicted octanol–water partition coefficient (Wildman–Crippen LogP) is 5.27. The van der Waals surface area contributed by atoms with Gasteiger partial charge in [0.2, 0.25) is 0 Å². The molecule has 0 saturated heterocycles. The molecule has 0 aliphatic carbocycles. The average Bonchev–Trinajstić information content (AvgIpc) is 2.50. The molecule has 2 heteroatoms. The number of benzene rings is 2. The van der Waals surface area contributed by atoms with Crippen molar-refractivity contribution in [3.63, 3.8) is 0 Å². The summed E-state index contributed by atoms with van der Waals surface area (Å²) in [5.74, 6) is 0.276. The van der Waals surface area contributed by atoms with Gasteiger partial charge in [-0.15, -0.1) is 0 Å². The number of carbonyl (C=O) groups is 2. The Balaban J connectivity index is 0.000000231. The highest BCUT2D eigenvalue weighted by Gasteiger charge is 2.01. The summed E-state index contributed by atoms with van der Waals surface area (Å²) < 4.78 is 0. The lowest BCUT2D eigenvalue weighted by atomic mass is 10.0. The summed E-state index contributed by atoms with van der Waals surface area (Å²) in [5.41, 5.74) is 6.56. The lowest BCUT2D eigenvalue weighted by Crippen LogP contribution is -1.95. The minimum absolute atomic E-state index is 0.133. The Morgan fingerprint density at radius 1 is 0.739 bits per heavy atom. The molecule has 2 aromatic rings. The Hall–Kier alpha value is -2.22. The molecule has 0 atom stereocenters. The van der Waals surface area contributed by atoms with Crippen LogP contribution in [-0.4, -0.2) is 11.6 Å². The summed E-state index contributed by atoms with van der Waals surface area (Å²) >= 11 is 0. The minimum Gasteiger partial charge on any atom is -0.295 e. The van der Waals surface area contributed by atoms with Crippen LogP contribution in [0.15, 0.2) is 36.4 Å². The highest BCUT2D eigenvalue weighted by atomic mass is 16.1. The van der Waals surface area contributed by atoms with Crippen LogP contribution in [0.25, 0.3) is 0 Å². The molecular weight excluding hydrogens is 284 g/mol. The summed E-state index contributed by atoms with van der Waals surface area (Å²) in [6, 6.07) is 11.7. The molecule has 0 aliphatic rings. The first kappa shape index (κ1) is 18.8. The van der Waals surface area contributed by atoms with E-state index in [1.54, 1.807) is 13.8 Å². The van der Waals surface area contributed by atoms with Crippen LogP contribution in [0.3, 0.4) is 0 Å². The molecule has 2 rings (SSSR count). The zero-order chi connectivity index (χ0) is 17.6. The van der Waals surface area contributed by atoms with Gasteiger partial charge in [-0.05, 0) is 75.4 Å². The lowest BCUT2D eigenvalue weighted by Gasteiger charge is -2.03. The molecule has 122 valence electrons. The molecule has 0 aliphatic heterocycles. The predicted molar refractivity (Wildman–Crippen MR) is 96.5 cm³/mol. The monoisotopic (exact) mass is 310 g/mol. The normalized spacial score (nSPS) is 9.83. The Morgan fingerprint density at radius 2 is 1.22 bits per heavy atom. The van der Waals surface area contributed by atoms with Crippen molar-refractivity contribution in [3.05, 3.63) is 69.8 Å². The first-order valence-electron chi connectivity index (χ1n) is 7.94. The van der Waals surface area contributed by atoms with Crippen LogP contribution in [0.4, 0.5) is 0 Å². The van der Waals surface area contributed by atoms with Gasteiger partial charge in [-0.2, -0.15) is 0 Å². The third kappa shape index (κ3) is 5.48. The molecule has 0 saturated carbocycles. The van der Waals surface area contributed by atoms with Crippen molar-refractivity contribution < 1.29 is 9.59 Å². The van der Waals surface area contributed by atoms with E-state index in [1.165, 1.54) is 22.3 Å². The summed E-state index contributed by atoms with van der Waals surface area (Å²) in [6.07, 6.45) is 0.993. The third-order valence-electron chi connectivity index (χ3n) is 4.05. The van der Waals surface area contributed by atoms with Crippen LogP contribution in [0.2, 0.25) is 0 Å². The third-order valence-corrected chi connectivity index (χ3v) is 4.05.